The molecule has 0 spiro atoms. The van der Waals surface area contributed by atoms with Crippen LogP contribution in [0.1, 0.15) is 6.42 Å². The summed E-state index contributed by atoms with van der Waals surface area (Å²) < 4.78 is 15.6. The van der Waals surface area contributed by atoms with E-state index in [-0.39, 0.29) is 0 Å². The van der Waals surface area contributed by atoms with Gasteiger partial charge in [-0.25, -0.2) is 0 Å². The summed E-state index contributed by atoms with van der Waals surface area (Å²) in [6.07, 6.45) is 0.963. The van der Waals surface area contributed by atoms with E-state index in [2.05, 4.69) is 12.6 Å². The lowest BCUT2D eigenvalue weighted by Gasteiger charge is -2.23. The zero-order valence-electron chi connectivity index (χ0n) is 8.74. The molecule has 0 heterocycles. The van der Waals surface area contributed by atoms with Gasteiger partial charge >= 0.3 is 8.80 Å². The minimum absolute atomic E-state index is 0.306. The van der Waals surface area contributed by atoms with Crippen LogP contribution >= 0.6 is 12.6 Å². The maximum absolute atomic E-state index is 7.14. The van der Waals surface area contributed by atoms with E-state index in [4.69, 9.17) is 18.1 Å². The molecule has 0 atom stereocenters. The molecule has 0 aliphatic carbocycles. The second-order valence-electron chi connectivity index (χ2n) is 2.12. The first-order chi connectivity index (χ1) is 6.24. The Balaban J connectivity index is 0. The van der Waals surface area contributed by atoms with E-state index in [9.17, 15) is 0 Å². The van der Waals surface area contributed by atoms with E-state index in [0.717, 1.165) is 18.2 Å². The normalized spacial score (nSPS) is 10.8. The summed E-state index contributed by atoms with van der Waals surface area (Å²) in [7, 11) is 2.89. The average Bonchev–Trinajstić information content (AvgIpc) is 2.24. The molecule has 0 aromatic rings. The van der Waals surface area contributed by atoms with Crippen molar-refractivity contribution in [2.24, 2.45) is 0 Å². The van der Waals surface area contributed by atoms with Crippen molar-refractivity contribution in [1.29, 1.82) is 0 Å². The zero-order chi connectivity index (χ0) is 10.7. The van der Waals surface area contributed by atoms with Gasteiger partial charge in [0.1, 0.15) is 10.5 Å². The van der Waals surface area contributed by atoms with Crippen molar-refractivity contribution in [3.8, 4) is 0 Å². The molecule has 82 valence electrons. The topological polar surface area (TPSA) is 47.9 Å². The van der Waals surface area contributed by atoms with Crippen LogP contribution in [-0.4, -0.2) is 51.2 Å². The molecule has 0 aliphatic heterocycles. The summed E-state index contributed by atoms with van der Waals surface area (Å²) >= 11 is 4.10. The van der Waals surface area contributed by atoms with Gasteiger partial charge in [0.25, 0.3) is 0 Å². The van der Waals surface area contributed by atoms with Gasteiger partial charge in [-0.15, -0.1) is 0 Å². The highest BCUT2D eigenvalue weighted by Crippen LogP contribution is 2.14. The molecule has 4 nitrogen and oxygen atoms in total. The number of thiol groups is 1. The van der Waals surface area contributed by atoms with Gasteiger partial charge in [-0.2, -0.15) is 12.6 Å². The van der Waals surface area contributed by atoms with Gasteiger partial charge in [0.05, 0.1) is 0 Å². The predicted molar refractivity (Wildman–Crippen MR) is 62.2 cm³/mol. The second-order valence-corrected chi connectivity index (χ2v) is 5.66. The lowest BCUT2D eigenvalue weighted by Crippen LogP contribution is -2.42. The van der Waals surface area contributed by atoms with Crippen LogP contribution in [0.2, 0.25) is 6.04 Å². The minimum atomic E-state index is -2.29. The third kappa shape index (κ3) is 6.66. The maximum Gasteiger partial charge on any atom is 0.500 e. The third-order valence-electron chi connectivity index (χ3n) is 1.57. The van der Waals surface area contributed by atoms with Crippen molar-refractivity contribution in [1.82, 2.24) is 0 Å². The molecule has 0 bridgehead atoms. The Bertz CT molecular complexity index is 94.4. The van der Waals surface area contributed by atoms with Gasteiger partial charge in [0.2, 0.25) is 0 Å². The van der Waals surface area contributed by atoms with E-state index in [1.54, 1.807) is 21.3 Å². The van der Waals surface area contributed by atoms with E-state index >= 15 is 0 Å². The summed E-state index contributed by atoms with van der Waals surface area (Å²) in [6, 6.07) is 0.833. The Morgan fingerprint density at radius 1 is 1.15 bits per heavy atom. The Hall–Kier alpha value is 0.624. The van der Waals surface area contributed by atoms with Crippen molar-refractivity contribution in [3.63, 3.8) is 0 Å². The molecule has 0 aromatic carbocycles. The van der Waals surface area contributed by atoms with E-state index < -0.39 is 8.80 Å². The largest absolute Gasteiger partial charge is 0.500 e. The summed E-state index contributed by atoms with van der Waals surface area (Å²) in [5.74, 6) is 0.838. The zero-order valence-corrected chi connectivity index (χ0v) is 12.6. The van der Waals surface area contributed by atoms with Crippen molar-refractivity contribution in [2.75, 3.05) is 27.1 Å². The highest BCUT2D eigenvalue weighted by Gasteiger charge is 2.36. The SMILES string of the molecule is CO[Si](CCCS)(OC)OC.O[SiH3]. The maximum atomic E-state index is 7.14. The molecule has 13 heavy (non-hydrogen) atoms. The summed E-state index contributed by atoms with van der Waals surface area (Å²) in [4.78, 5) is 7.14. The minimum Gasteiger partial charge on any atom is -0.442 e. The monoisotopic (exact) mass is 244 g/mol. The molecule has 0 fully saturated rings. The smallest absolute Gasteiger partial charge is 0.442 e. The number of hydrogen-bond donors (Lipinski definition) is 2. The molecular formula is C6H20O4SSi2. The first-order valence-corrected chi connectivity index (χ1v) is 7.41. The quantitative estimate of drug-likeness (QED) is 0.486. The van der Waals surface area contributed by atoms with Crippen molar-refractivity contribution in [3.05, 3.63) is 0 Å². The van der Waals surface area contributed by atoms with Gasteiger partial charge in [-0.1, -0.05) is 0 Å². The van der Waals surface area contributed by atoms with Crippen molar-refractivity contribution >= 4 is 31.9 Å². The standard InChI is InChI=1S/C6H16O3SSi.H4OSi/c1-7-11(8-2,9-3)6-4-5-10;1-2/h10H,4-6H2,1-3H3;1H,2H3. The van der Waals surface area contributed by atoms with Crippen LogP contribution in [0.4, 0.5) is 0 Å². The Morgan fingerprint density at radius 3 is 1.77 bits per heavy atom. The second kappa shape index (κ2) is 10.7. The lowest BCUT2D eigenvalue weighted by atomic mass is 10.6. The fourth-order valence-corrected chi connectivity index (χ4v) is 3.03. The number of rotatable bonds is 6. The predicted octanol–water partition coefficient (Wildman–Crippen LogP) is -0.557. The van der Waals surface area contributed by atoms with Crippen LogP contribution in [0.25, 0.3) is 0 Å². The first-order valence-electron chi connectivity index (χ1n) is 3.95. The van der Waals surface area contributed by atoms with Gasteiger partial charge in [-0.3, -0.25) is 0 Å². The summed E-state index contributed by atoms with van der Waals surface area (Å²) in [5.41, 5.74) is 0. The molecule has 0 amide bonds. The lowest BCUT2D eigenvalue weighted by molar-refractivity contribution is 0.123. The highest BCUT2D eigenvalue weighted by atomic mass is 32.1. The van der Waals surface area contributed by atoms with Crippen molar-refractivity contribution in [2.45, 2.75) is 12.5 Å². The Kier molecular flexibility index (Phi) is 13.2. The fraction of sp³-hybridized carbons (Fsp3) is 1.00. The molecule has 0 aromatic heterocycles. The van der Waals surface area contributed by atoms with Gasteiger partial charge in [0, 0.05) is 27.4 Å². The molecule has 7 heteroatoms. The van der Waals surface area contributed by atoms with Crippen LogP contribution in [0.15, 0.2) is 0 Å². The molecule has 0 radical (unpaired) electrons. The van der Waals surface area contributed by atoms with Gasteiger partial charge in [-0.05, 0) is 12.2 Å². The highest BCUT2D eigenvalue weighted by molar-refractivity contribution is 7.80. The van der Waals surface area contributed by atoms with Crippen LogP contribution in [0.5, 0.6) is 0 Å². The van der Waals surface area contributed by atoms with Crippen LogP contribution in [0.3, 0.4) is 0 Å². The third-order valence-corrected chi connectivity index (χ3v) is 4.72. The van der Waals surface area contributed by atoms with Gasteiger partial charge < -0.3 is 18.1 Å². The first kappa shape index (κ1) is 16.1. The van der Waals surface area contributed by atoms with E-state index in [1.807, 2.05) is 0 Å². The summed E-state index contributed by atoms with van der Waals surface area (Å²) in [6.45, 7) is 0. The Labute approximate surface area is 89.9 Å². The molecule has 0 unspecified atom stereocenters. The molecular weight excluding hydrogens is 224 g/mol. The van der Waals surface area contributed by atoms with Crippen LogP contribution < -0.4 is 0 Å². The van der Waals surface area contributed by atoms with Crippen LogP contribution in [0, 0.1) is 0 Å². The van der Waals surface area contributed by atoms with Gasteiger partial charge in [0.15, 0.2) is 0 Å². The molecule has 0 rings (SSSR count). The average molecular weight is 244 g/mol. The molecule has 0 saturated heterocycles. The summed E-state index contributed by atoms with van der Waals surface area (Å²) in [5, 5.41) is 0. The Morgan fingerprint density at radius 2 is 1.54 bits per heavy atom. The fourth-order valence-electron chi connectivity index (χ4n) is 0.852. The molecule has 0 saturated carbocycles. The van der Waals surface area contributed by atoms with E-state index in [1.165, 1.54) is 0 Å². The number of hydrogen-bond acceptors (Lipinski definition) is 5. The van der Waals surface area contributed by atoms with Crippen molar-refractivity contribution < 1.29 is 18.1 Å². The molecule has 0 aliphatic rings. The molecule has 1 N–H and O–H groups in total. The van der Waals surface area contributed by atoms with Crippen LogP contribution in [-0.2, 0) is 13.3 Å². The van der Waals surface area contributed by atoms with E-state index in [0.29, 0.717) is 10.5 Å².